The van der Waals surface area contributed by atoms with E-state index in [4.69, 9.17) is 9.47 Å². The zero-order valence-corrected chi connectivity index (χ0v) is 15.3. The van der Waals surface area contributed by atoms with Crippen LogP contribution in [0.5, 0.6) is 11.5 Å². The number of benzene rings is 2. The van der Waals surface area contributed by atoms with E-state index in [-0.39, 0.29) is 24.1 Å². The van der Waals surface area contributed by atoms with Crippen LogP contribution in [-0.2, 0) is 11.3 Å². The fraction of sp³-hybridized carbons (Fsp3) is 0.263. The molecule has 0 aliphatic rings. The van der Waals surface area contributed by atoms with Gasteiger partial charge < -0.3 is 14.8 Å². The van der Waals surface area contributed by atoms with Crippen molar-refractivity contribution in [2.75, 3.05) is 14.2 Å². The second-order valence-corrected chi connectivity index (χ2v) is 6.00. The molecule has 1 amide bonds. The first-order valence-electron chi connectivity index (χ1n) is 8.36. The Morgan fingerprint density at radius 3 is 2.44 bits per heavy atom. The quantitative estimate of drug-likeness (QED) is 0.711. The lowest BCUT2D eigenvalue weighted by molar-refractivity contribution is -0.122. The van der Waals surface area contributed by atoms with Gasteiger partial charge in [0, 0.05) is 6.07 Å². The van der Waals surface area contributed by atoms with E-state index in [1.807, 2.05) is 31.2 Å². The summed E-state index contributed by atoms with van der Waals surface area (Å²) in [5.74, 6) is 0.995. The second-order valence-electron chi connectivity index (χ2n) is 6.00. The van der Waals surface area contributed by atoms with Crippen molar-refractivity contribution < 1.29 is 14.3 Å². The molecule has 0 aliphatic carbocycles. The van der Waals surface area contributed by atoms with Crippen LogP contribution >= 0.6 is 0 Å². The van der Waals surface area contributed by atoms with Gasteiger partial charge in [0.15, 0.2) is 0 Å². The molecular weight excluding hydrogens is 348 g/mol. The first kappa shape index (κ1) is 18.4. The lowest BCUT2D eigenvalue weighted by Gasteiger charge is -2.15. The summed E-state index contributed by atoms with van der Waals surface area (Å²) in [6, 6.07) is 12.1. The Bertz CT molecular complexity index is 1010. The van der Waals surface area contributed by atoms with Crippen molar-refractivity contribution in [1.82, 2.24) is 20.3 Å². The number of rotatable bonds is 6. The fourth-order valence-electron chi connectivity index (χ4n) is 2.69. The third-order valence-corrected chi connectivity index (χ3v) is 4.22. The standard InChI is InChI=1S/C19H20N4O4/c1-12(13-4-6-14(26-2)7-5-13)20-18(24)11-23-19(25)16-9-8-15(27-3)10-17(16)21-22-23/h4-10,12H,11H2,1-3H3,(H,20,24)/t12-/m0/s1. The number of carbonyl (C=O) groups excluding carboxylic acids is 1. The lowest BCUT2D eigenvalue weighted by Crippen LogP contribution is -2.35. The van der Waals surface area contributed by atoms with Crippen LogP contribution in [0.3, 0.4) is 0 Å². The molecule has 0 unspecified atom stereocenters. The average molecular weight is 368 g/mol. The van der Waals surface area contributed by atoms with Crippen LogP contribution in [-0.4, -0.2) is 35.1 Å². The minimum absolute atomic E-state index is 0.214. The van der Waals surface area contributed by atoms with Gasteiger partial charge in [-0.1, -0.05) is 17.3 Å². The third kappa shape index (κ3) is 4.05. The largest absolute Gasteiger partial charge is 0.497 e. The molecule has 3 aromatic rings. The number of hydrogen-bond acceptors (Lipinski definition) is 6. The minimum Gasteiger partial charge on any atom is -0.497 e. The number of aromatic nitrogens is 3. The molecule has 0 spiro atoms. The van der Waals surface area contributed by atoms with E-state index in [0.717, 1.165) is 16.0 Å². The highest BCUT2D eigenvalue weighted by Crippen LogP contribution is 2.17. The molecule has 3 rings (SSSR count). The van der Waals surface area contributed by atoms with Crippen molar-refractivity contribution in [2.45, 2.75) is 19.5 Å². The van der Waals surface area contributed by atoms with Crippen molar-refractivity contribution in [2.24, 2.45) is 0 Å². The van der Waals surface area contributed by atoms with Gasteiger partial charge in [-0.25, -0.2) is 4.68 Å². The molecule has 2 aromatic carbocycles. The first-order chi connectivity index (χ1) is 13.0. The molecule has 1 aromatic heterocycles. The zero-order valence-electron chi connectivity index (χ0n) is 15.3. The summed E-state index contributed by atoms with van der Waals surface area (Å²) in [7, 11) is 3.13. The second kappa shape index (κ2) is 7.86. The van der Waals surface area contributed by atoms with Gasteiger partial charge in [-0.3, -0.25) is 9.59 Å². The van der Waals surface area contributed by atoms with E-state index in [2.05, 4.69) is 15.6 Å². The van der Waals surface area contributed by atoms with Crippen molar-refractivity contribution in [3.05, 3.63) is 58.4 Å². The number of amides is 1. The van der Waals surface area contributed by atoms with Gasteiger partial charge in [-0.15, -0.1) is 5.10 Å². The normalized spacial score (nSPS) is 11.8. The van der Waals surface area contributed by atoms with Crippen LogP contribution in [0.25, 0.3) is 10.9 Å². The van der Waals surface area contributed by atoms with E-state index in [1.54, 1.807) is 25.3 Å². The molecule has 0 radical (unpaired) electrons. The number of fused-ring (bicyclic) bond motifs is 1. The van der Waals surface area contributed by atoms with E-state index in [1.165, 1.54) is 7.11 Å². The van der Waals surface area contributed by atoms with Crippen LogP contribution < -0.4 is 20.3 Å². The highest BCUT2D eigenvalue weighted by Gasteiger charge is 2.13. The van der Waals surface area contributed by atoms with Crippen LogP contribution in [0.15, 0.2) is 47.3 Å². The summed E-state index contributed by atoms with van der Waals surface area (Å²) in [5, 5.41) is 11.1. The maximum atomic E-state index is 12.5. The third-order valence-electron chi connectivity index (χ3n) is 4.22. The Morgan fingerprint density at radius 1 is 1.11 bits per heavy atom. The number of nitrogens with one attached hydrogen (secondary N) is 1. The molecule has 0 saturated heterocycles. The SMILES string of the molecule is COc1ccc([C@H](C)NC(=O)Cn2nnc3cc(OC)ccc3c2=O)cc1. The Balaban J connectivity index is 1.73. The Labute approximate surface area is 155 Å². The summed E-state index contributed by atoms with van der Waals surface area (Å²) >= 11 is 0. The Hall–Kier alpha value is -3.42. The van der Waals surface area contributed by atoms with Gasteiger partial charge in [0.1, 0.15) is 23.6 Å². The molecule has 1 N–H and O–H groups in total. The van der Waals surface area contributed by atoms with Gasteiger partial charge in [0.25, 0.3) is 5.56 Å². The molecule has 0 bridgehead atoms. The minimum atomic E-state index is -0.380. The van der Waals surface area contributed by atoms with E-state index < -0.39 is 0 Å². The zero-order chi connectivity index (χ0) is 19.4. The number of ether oxygens (including phenoxy) is 2. The lowest BCUT2D eigenvalue weighted by atomic mass is 10.1. The number of carbonyl (C=O) groups is 1. The highest BCUT2D eigenvalue weighted by molar-refractivity contribution is 5.79. The summed E-state index contributed by atoms with van der Waals surface area (Å²) in [5.41, 5.74) is 0.964. The topological polar surface area (TPSA) is 95.3 Å². The van der Waals surface area contributed by atoms with Crippen molar-refractivity contribution in [1.29, 1.82) is 0 Å². The molecule has 0 saturated carbocycles. The Morgan fingerprint density at radius 2 is 1.78 bits per heavy atom. The predicted octanol–water partition coefficient (Wildman–Crippen LogP) is 1.69. The summed E-state index contributed by atoms with van der Waals surface area (Å²) < 4.78 is 11.3. The monoisotopic (exact) mass is 368 g/mol. The van der Waals surface area contributed by atoms with Gasteiger partial charge in [-0.05, 0) is 36.8 Å². The molecule has 1 atom stereocenters. The average Bonchev–Trinajstić information content (AvgIpc) is 2.69. The van der Waals surface area contributed by atoms with Gasteiger partial charge >= 0.3 is 0 Å². The van der Waals surface area contributed by atoms with Crippen molar-refractivity contribution in [3.63, 3.8) is 0 Å². The Kier molecular flexibility index (Phi) is 5.35. The van der Waals surface area contributed by atoms with Gasteiger partial charge in [-0.2, -0.15) is 0 Å². The highest BCUT2D eigenvalue weighted by atomic mass is 16.5. The number of nitrogens with zero attached hydrogens (tertiary/aromatic N) is 3. The van der Waals surface area contributed by atoms with Crippen molar-refractivity contribution >= 4 is 16.8 Å². The number of methoxy groups -OCH3 is 2. The van der Waals surface area contributed by atoms with Crippen LogP contribution in [0.4, 0.5) is 0 Å². The summed E-state index contributed by atoms with van der Waals surface area (Å²) in [6.45, 7) is 1.65. The molecule has 1 heterocycles. The van der Waals surface area contributed by atoms with Gasteiger partial charge in [0.2, 0.25) is 5.91 Å². The smallest absolute Gasteiger partial charge is 0.278 e. The van der Waals surface area contributed by atoms with E-state index >= 15 is 0 Å². The van der Waals surface area contributed by atoms with E-state index in [9.17, 15) is 9.59 Å². The fourth-order valence-corrected chi connectivity index (χ4v) is 2.69. The number of hydrogen-bond donors (Lipinski definition) is 1. The summed E-state index contributed by atoms with van der Waals surface area (Å²) in [6.07, 6.45) is 0. The molecule has 27 heavy (non-hydrogen) atoms. The maximum Gasteiger partial charge on any atom is 0.278 e. The molecular formula is C19H20N4O4. The molecule has 0 aliphatic heterocycles. The van der Waals surface area contributed by atoms with Gasteiger partial charge in [0.05, 0.1) is 25.6 Å². The first-order valence-corrected chi connectivity index (χ1v) is 8.36. The van der Waals surface area contributed by atoms with Crippen molar-refractivity contribution in [3.8, 4) is 11.5 Å². The van der Waals surface area contributed by atoms with Crippen LogP contribution in [0, 0.1) is 0 Å². The maximum absolute atomic E-state index is 12.5. The van der Waals surface area contributed by atoms with Crippen LogP contribution in [0.1, 0.15) is 18.5 Å². The molecule has 8 heteroatoms. The predicted molar refractivity (Wildman–Crippen MR) is 99.9 cm³/mol. The molecule has 0 fully saturated rings. The van der Waals surface area contributed by atoms with Crippen LogP contribution in [0.2, 0.25) is 0 Å². The molecule has 8 nitrogen and oxygen atoms in total. The molecule has 140 valence electrons. The summed E-state index contributed by atoms with van der Waals surface area (Å²) in [4.78, 5) is 24.8. The van der Waals surface area contributed by atoms with E-state index in [0.29, 0.717) is 16.7 Å².